The van der Waals surface area contributed by atoms with Gasteiger partial charge in [0.15, 0.2) is 0 Å². The fourth-order valence-electron chi connectivity index (χ4n) is 5.72. The van der Waals surface area contributed by atoms with E-state index in [1.165, 1.54) is 0 Å². The van der Waals surface area contributed by atoms with E-state index in [9.17, 15) is 19.6 Å². The Morgan fingerprint density at radius 1 is 1.15 bits per heavy atom. The average Bonchev–Trinajstić information content (AvgIpc) is 3.39. The van der Waals surface area contributed by atoms with Gasteiger partial charge in [0.25, 0.3) is 5.91 Å². The van der Waals surface area contributed by atoms with Crippen molar-refractivity contribution in [1.82, 2.24) is 15.1 Å². The number of piperidine rings is 2. The van der Waals surface area contributed by atoms with E-state index in [4.69, 9.17) is 4.74 Å². The number of nitrogens with one attached hydrogen (secondary N) is 1. The van der Waals surface area contributed by atoms with Crippen LogP contribution in [0.4, 0.5) is 0 Å². The Morgan fingerprint density at radius 2 is 1.94 bits per heavy atom. The largest absolute Gasteiger partial charge is 0.489 e. The fourth-order valence-corrected chi connectivity index (χ4v) is 5.72. The molecule has 1 N–H and O–H groups in total. The zero-order valence-corrected chi connectivity index (χ0v) is 19.0. The summed E-state index contributed by atoms with van der Waals surface area (Å²) in [5, 5.41) is 11.8. The molecule has 2 saturated heterocycles. The maximum atomic E-state index is 12.9. The topological polar surface area (TPSA) is 103 Å². The Morgan fingerprint density at radius 3 is 2.67 bits per heavy atom. The molecule has 1 aromatic rings. The summed E-state index contributed by atoms with van der Waals surface area (Å²) in [6, 6.07) is 7.79. The summed E-state index contributed by atoms with van der Waals surface area (Å²) in [5.74, 6) is -0.0963. The number of rotatable bonds is 4. The highest BCUT2D eigenvalue weighted by Gasteiger charge is 2.41. The van der Waals surface area contributed by atoms with E-state index in [0.29, 0.717) is 24.6 Å². The summed E-state index contributed by atoms with van der Waals surface area (Å²) in [6.45, 7) is 4.25. The molecule has 1 aromatic carbocycles. The Kier molecular flexibility index (Phi) is 5.61. The third kappa shape index (κ3) is 4.10. The summed E-state index contributed by atoms with van der Waals surface area (Å²) in [6.07, 6.45) is 5.70. The second-order valence-corrected chi connectivity index (χ2v) is 10.1. The van der Waals surface area contributed by atoms with Crippen LogP contribution in [0.1, 0.15) is 67.8 Å². The summed E-state index contributed by atoms with van der Waals surface area (Å²) < 4.78 is 6.44. The number of hydrogen-bond donors (Lipinski definition) is 1. The lowest BCUT2D eigenvalue weighted by Crippen LogP contribution is -2.52. The van der Waals surface area contributed by atoms with Gasteiger partial charge in [0.2, 0.25) is 11.8 Å². The van der Waals surface area contributed by atoms with Crippen molar-refractivity contribution in [3.63, 3.8) is 0 Å². The van der Waals surface area contributed by atoms with Gasteiger partial charge in [-0.25, -0.2) is 0 Å². The summed E-state index contributed by atoms with van der Waals surface area (Å²) in [7, 11) is 0. The van der Waals surface area contributed by atoms with E-state index in [2.05, 4.69) is 23.2 Å². The number of likely N-dealkylation sites (tertiary alicyclic amines) is 1. The molecule has 0 aromatic heterocycles. The highest BCUT2D eigenvalue weighted by atomic mass is 16.5. The van der Waals surface area contributed by atoms with Crippen LogP contribution in [0.3, 0.4) is 0 Å². The number of fused-ring (bicyclic) bond motifs is 1. The van der Waals surface area contributed by atoms with Crippen molar-refractivity contribution in [3.8, 4) is 11.8 Å². The highest BCUT2D eigenvalue weighted by molar-refractivity contribution is 6.05. The van der Waals surface area contributed by atoms with Gasteiger partial charge in [0.1, 0.15) is 17.9 Å². The molecule has 174 valence electrons. The molecule has 8 nitrogen and oxygen atoms in total. The first kappa shape index (κ1) is 21.9. The van der Waals surface area contributed by atoms with Gasteiger partial charge in [-0.15, -0.1) is 0 Å². The van der Waals surface area contributed by atoms with Crippen molar-refractivity contribution in [2.24, 2.45) is 5.41 Å². The molecular weight excluding hydrogens is 420 g/mol. The van der Waals surface area contributed by atoms with E-state index in [-0.39, 0.29) is 29.8 Å². The second kappa shape index (κ2) is 8.45. The van der Waals surface area contributed by atoms with Crippen LogP contribution < -0.4 is 10.1 Å². The summed E-state index contributed by atoms with van der Waals surface area (Å²) in [5.41, 5.74) is 1.24. The monoisotopic (exact) mass is 450 g/mol. The number of nitrogens with zero attached hydrogens (tertiary/aromatic N) is 3. The maximum absolute atomic E-state index is 12.9. The molecule has 3 heterocycles. The average molecular weight is 451 g/mol. The minimum atomic E-state index is -0.607. The first-order chi connectivity index (χ1) is 15.9. The van der Waals surface area contributed by atoms with Crippen molar-refractivity contribution >= 4 is 17.7 Å². The van der Waals surface area contributed by atoms with Crippen LogP contribution in [0.5, 0.6) is 5.75 Å². The molecule has 0 spiro atoms. The molecule has 3 fully saturated rings. The van der Waals surface area contributed by atoms with Crippen LogP contribution >= 0.6 is 0 Å². The van der Waals surface area contributed by atoms with Crippen molar-refractivity contribution in [1.29, 1.82) is 5.26 Å². The van der Waals surface area contributed by atoms with Gasteiger partial charge in [-0.1, -0.05) is 0 Å². The summed E-state index contributed by atoms with van der Waals surface area (Å²) >= 11 is 0. The Balaban J connectivity index is 1.25. The molecule has 3 atom stereocenters. The zero-order chi connectivity index (χ0) is 23.2. The molecule has 1 saturated carbocycles. The SMILES string of the molecule is CC1(C#N)CCN([C@@H]2CCC[C@@H]2Oc2ccc3c(c2)CN(C2CCC(=O)NC2=O)C3=O)CC1. The second-order valence-electron chi connectivity index (χ2n) is 10.1. The number of amides is 3. The molecular formula is C25H30N4O4. The lowest BCUT2D eigenvalue weighted by molar-refractivity contribution is -0.136. The molecule has 0 radical (unpaired) electrons. The third-order valence-corrected chi connectivity index (χ3v) is 7.84. The molecule has 1 aliphatic carbocycles. The normalized spacial score (nSPS) is 29.5. The van der Waals surface area contributed by atoms with Crippen molar-refractivity contribution < 1.29 is 19.1 Å². The van der Waals surface area contributed by atoms with Gasteiger partial charge in [-0.2, -0.15) is 5.26 Å². The van der Waals surface area contributed by atoms with Crippen molar-refractivity contribution in [2.75, 3.05) is 13.1 Å². The van der Waals surface area contributed by atoms with Crippen LogP contribution in [0.15, 0.2) is 18.2 Å². The number of benzene rings is 1. The molecule has 0 bridgehead atoms. The predicted molar refractivity (Wildman–Crippen MR) is 119 cm³/mol. The number of hydrogen-bond acceptors (Lipinski definition) is 6. The van der Waals surface area contributed by atoms with Gasteiger partial charge in [-0.05, 0) is 69.2 Å². The zero-order valence-electron chi connectivity index (χ0n) is 19.0. The number of carbonyl (C=O) groups excluding carboxylic acids is 3. The number of nitriles is 1. The lowest BCUT2D eigenvalue weighted by atomic mass is 9.81. The minimum Gasteiger partial charge on any atom is -0.489 e. The van der Waals surface area contributed by atoms with Crippen LogP contribution in [-0.4, -0.2) is 58.8 Å². The molecule has 1 unspecified atom stereocenters. The first-order valence-corrected chi connectivity index (χ1v) is 12.0. The standard InChI is InChI=1S/C25H30N4O4/c1-25(15-26)9-11-28(12-10-25)19-3-2-4-21(19)33-17-5-6-18-16(13-17)14-29(24(18)32)20-7-8-22(30)27-23(20)31/h5-6,13,19-21H,2-4,7-12,14H2,1H3,(H,27,30,31)/t19-,20?,21+/m1/s1. The highest BCUT2D eigenvalue weighted by Crippen LogP contribution is 2.36. The minimum absolute atomic E-state index is 0.0952. The van der Waals surface area contributed by atoms with Crippen LogP contribution in [0, 0.1) is 16.7 Å². The summed E-state index contributed by atoms with van der Waals surface area (Å²) in [4.78, 5) is 40.7. The predicted octanol–water partition coefficient (Wildman–Crippen LogP) is 2.37. The Hall–Kier alpha value is -2.92. The van der Waals surface area contributed by atoms with E-state index in [1.54, 1.807) is 11.0 Å². The third-order valence-electron chi connectivity index (χ3n) is 7.84. The molecule has 8 heteroatoms. The van der Waals surface area contributed by atoms with Crippen LogP contribution in [0.25, 0.3) is 0 Å². The smallest absolute Gasteiger partial charge is 0.255 e. The van der Waals surface area contributed by atoms with Crippen LogP contribution in [0.2, 0.25) is 0 Å². The number of carbonyl (C=O) groups is 3. The van der Waals surface area contributed by atoms with E-state index in [0.717, 1.165) is 56.5 Å². The molecule has 4 aliphatic rings. The van der Waals surface area contributed by atoms with E-state index >= 15 is 0 Å². The molecule has 3 aliphatic heterocycles. The van der Waals surface area contributed by atoms with Gasteiger partial charge >= 0.3 is 0 Å². The van der Waals surface area contributed by atoms with E-state index < -0.39 is 11.9 Å². The molecule has 3 amide bonds. The molecule has 33 heavy (non-hydrogen) atoms. The lowest BCUT2D eigenvalue weighted by Gasteiger charge is -2.40. The fraction of sp³-hybridized carbons (Fsp3) is 0.600. The van der Waals surface area contributed by atoms with Crippen LogP contribution in [-0.2, 0) is 16.1 Å². The number of imide groups is 1. The first-order valence-electron chi connectivity index (χ1n) is 12.0. The Bertz CT molecular complexity index is 1020. The van der Waals surface area contributed by atoms with Crippen molar-refractivity contribution in [2.45, 2.75) is 76.6 Å². The Labute approximate surface area is 193 Å². The maximum Gasteiger partial charge on any atom is 0.255 e. The van der Waals surface area contributed by atoms with Gasteiger partial charge in [-0.3, -0.25) is 24.6 Å². The number of ether oxygens (including phenoxy) is 1. The quantitative estimate of drug-likeness (QED) is 0.707. The molecule has 5 rings (SSSR count). The van der Waals surface area contributed by atoms with Crippen molar-refractivity contribution in [3.05, 3.63) is 29.3 Å². The van der Waals surface area contributed by atoms with Gasteiger partial charge in [0.05, 0.1) is 11.5 Å². The van der Waals surface area contributed by atoms with Gasteiger partial charge < -0.3 is 9.64 Å². The van der Waals surface area contributed by atoms with E-state index in [1.807, 2.05) is 12.1 Å². The van der Waals surface area contributed by atoms with Gasteiger partial charge in [0, 0.05) is 37.7 Å².